The first kappa shape index (κ1) is 13.0. The molecule has 3 rings (SSSR count). The van der Waals surface area contributed by atoms with E-state index in [4.69, 9.17) is 11.6 Å². The maximum absolute atomic E-state index is 12.7. The van der Waals surface area contributed by atoms with Crippen LogP contribution in [0.1, 0.15) is 12.5 Å². The van der Waals surface area contributed by atoms with Gasteiger partial charge in [-0.25, -0.2) is 8.42 Å². The molecule has 0 saturated carbocycles. The molecule has 6 heteroatoms. The molecule has 1 aromatic heterocycles. The fourth-order valence-corrected chi connectivity index (χ4v) is 5.70. The highest BCUT2D eigenvalue weighted by Gasteiger charge is 2.36. The number of anilines is 1. The van der Waals surface area contributed by atoms with Crippen molar-refractivity contribution in [1.29, 1.82) is 0 Å². The SMILES string of the molecule is C[C@@H]1Cc2ccccc2N1S(=O)(=O)c1ccc(Cl)s1. The zero-order valence-corrected chi connectivity index (χ0v) is 12.6. The van der Waals surface area contributed by atoms with Crippen LogP contribution in [0.25, 0.3) is 0 Å². The minimum absolute atomic E-state index is 0.0664. The molecule has 0 fully saturated rings. The molecule has 0 saturated heterocycles. The van der Waals surface area contributed by atoms with E-state index in [9.17, 15) is 8.42 Å². The van der Waals surface area contributed by atoms with E-state index >= 15 is 0 Å². The van der Waals surface area contributed by atoms with Gasteiger partial charge in [0.25, 0.3) is 10.0 Å². The zero-order chi connectivity index (χ0) is 13.6. The predicted molar refractivity (Wildman–Crippen MR) is 78.6 cm³/mol. The number of hydrogen-bond donors (Lipinski definition) is 0. The number of fused-ring (bicyclic) bond motifs is 1. The predicted octanol–water partition coefficient (Wildman–Crippen LogP) is 3.54. The van der Waals surface area contributed by atoms with Crippen LogP contribution in [0, 0.1) is 0 Å². The molecule has 0 spiro atoms. The molecule has 1 atom stereocenters. The van der Waals surface area contributed by atoms with Crippen LogP contribution in [0.2, 0.25) is 4.34 Å². The highest BCUT2D eigenvalue weighted by atomic mass is 35.5. The van der Waals surface area contributed by atoms with Crippen molar-refractivity contribution in [2.24, 2.45) is 0 Å². The van der Waals surface area contributed by atoms with Crippen LogP contribution < -0.4 is 4.31 Å². The molecular weight excluding hydrogens is 302 g/mol. The van der Waals surface area contributed by atoms with E-state index in [1.165, 1.54) is 4.31 Å². The third-order valence-corrected chi connectivity index (χ3v) is 6.83. The number of para-hydroxylation sites is 1. The maximum atomic E-state index is 12.7. The molecule has 3 nitrogen and oxygen atoms in total. The topological polar surface area (TPSA) is 37.4 Å². The molecule has 100 valence electrons. The summed E-state index contributed by atoms with van der Waals surface area (Å²) in [7, 11) is -3.51. The molecular formula is C13H12ClNO2S2. The Labute approximate surface area is 121 Å². The van der Waals surface area contributed by atoms with Crippen LogP contribution in [0.3, 0.4) is 0 Å². The Hall–Kier alpha value is -1.04. The lowest BCUT2D eigenvalue weighted by Crippen LogP contribution is -2.35. The summed E-state index contributed by atoms with van der Waals surface area (Å²) in [4.78, 5) is 0. The molecule has 2 heterocycles. The first-order valence-corrected chi connectivity index (χ1v) is 8.51. The lowest BCUT2D eigenvalue weighted by Gasteiger charge is -2.23. The molecule has 0 radical (unpaired) electrons. The number of sulfonamides is 1. The molecule has 0 amide bonds. The fourth-order valence-electron chi connectivity index (χ4n) is 2.44. The van der Waals surface area contributed by atoms with Crippen molar-refractivity contribution in [2.75, 3.05) is 4.31 Å². The third-order valence-electron chi connectivity index (χ3n) is 3.21. The molecule has 19 heavy (non-hydrogen) atoms. The molecule has 1 aromatic carbocycles. The van der Waals surface area contributed by atoms with Crippen molar-refractivity contribution >= 4 is 38.6 Å². The van der Waals surface area contributed by atoms with E-state index in [2.05, 4.69) is 0 Å². The van der Waals surface area contributed by atoms with Crippen LogP contribution in [0.5, 0.6) is 0 Å². The number of hydrogen-bond acceptors (Lipinski definition) is 3. The average Bonchev–Trinajstić information content (AvgIpc) is 2.92. The van der Waals surface area contributed by atoms with Crippen molar-refractivity contribution in [1.82, 2.24) is 0 Å². The van der Waals surface area contributed by atoms with Gasteiger partial charge in [-0.3, -0.25) is 4.31 Å². The second kappa shape index (κ2) is 4.51. The Morgan fingerprint density at radius 2 is 2.00 bits per heavy atom. The summed E-state index contributed by atoms with van der Waals surface area (Å²) >= 11 is 6.94. The van der Waals surface area contributed by atoms with Gasteiger partial charge < -0.3 is 0 Å². The molecule has 2 aromatic rings. The van der Waals surface area contributed by atoms with Gasteiger partial charge >= 0.3 is 0 Å². The van der Waals surface area contributed by atoms with Gasteiger partial charge in [-0.15, -0.1) is 11.3 Å². The third kappa shape index (κ3) is 2.06. The minimum atomic E-state index is -3.51. The van der Waals surface area contributed by atoms with E-state index in [1.807, 2.05) is 31.2 Å². The Balaban J connectivity index is 2.12. The Morgan fingerprint density at radius 3 is 2.68 bits per heavy atom. The van der Waals surface area contributed by atoms with Gasteiger partial charge in [-0.05, 0) is 37.1 Å². The van der Waals surface area contributed by atoms with E-state index in [1.54, 1.807) is 12.1 Å². The first-order chi connectivity index (χ1) is 9.00. The van der Waals surface area contributed by atoms with Crippen LogP contribution in [0.15, 0.2) is 40.6 Å². The van der Waals surface area contributed by atoms with Crippen molar-refractivity contribution in [3.05, 3.63) is 46.3 Å². The molecule has 1 aliphatic rings. The number of nitrogens with zero attached hydrogens (tertiary/aromatic N) is 1. The Bertz CT molecular complexity index is 724. The highest BCUT2D eigenvalue weighted by molar-refractivity contribution is 7.94. The van der Waals surface area contributed by atoms with Crippen LogP contribution >= 0.6 is 22.9 Å². The summed E-state index contributed by atoms with van der Waals surface area (Å²) < 4.78 is 27.7. The smallest absolute Gasteiger partial charge is 0.262 e. The lowest BCUT2D eigenvalue weighted by molar-refractivity contribution is 0.586. The quantitative estimate of drug-likeness (QED) is 0.850. The van der Waals surface area contributed by atoms with Crippen LogP contribution in [-0.2, 0) is 16.4 Å². The van der Waals surface area contributed by atoms with Gasteiger partial charge in [-0.1, -0.05) is 29.8 Å². The summed E-state index contributed by atoms with van der Waals surface area (Å²) in [5, 5.41) is 0. The number of thiophene rings is 1. The highest BCUT2D eigenvalue weighted by Crippen LogP contribution is 2.38. The minimum Gasteiger partial charge on any atom is -0.262 e. The van der Waals surface area contributed by atoms with Gasteiger partial charge in [0.05, 0.1) is 10.0 Å². The summed E-state index contributed by atoms with van der Waals surface area (Å²) in [5.41, 5.74) is 1.85. The van der Waals surface area contributed by atoms with Crippen LogP contribution in [-0.4, -0.2) is 14.5 Å². The van der Waals surface area contributed by atoms with Gasteiger partial charge in [0, 0.05) is 6.04 Å². The standard InChI is InChI=1S/C13H12ClNO2S2/c1-9-8-10-4-2-3-5-11(10)15(9)19(16,17)13-7-6-12(14)18-13/h2-7,9H,8H2,1H3/t9-/m1/s1. The summed E-state index contributed by atoms with van der Waals surface area (Å²) in [6.45, 7) is 1.92. The fraction of sp³-hybridized carbons (Fsp3) is 0.231. The molecule has 1 aliphatic heterocycles. The first-order valence-electron chi connectivity index (χ1n) is 5.88. The number of benzene rings is 1. The largest absolute Gasteiger partial charge is 0.274 e. The normalized spacial score (nSPS) is 18.6. The van der Waals surface area contributed by atoms with E-state index in [0.29, 0.717) is 8.55 Å². The second-order valence-corrected chi connectivity index (χ2v) is 8.30. The summed E-state index contributed by atoms with van der Waals surface area (Å²) in [6.07, 6.45) is 0.745. The Kier molecular flexibility index (Phi) is 3.08. The number of halogens is 1. The van der Waals surface area contributed by atoms with E-state index in [-0.39, 0.29) is 6.04 Å². The molecule has 0 aliphatic carbocycles. The zero-order valence-electron chi connectivity index (χ0n) is 10.2. The van der Waals surface area contributed by atoms with Crippen LogP contribution in [0.4, 0.5) is 5.69 Å². The van der Waals surface area contributed by atoms with Gasteiger partial charge in [0.2, 0.25) is 0 Å². The van der Waals surface area contributed by atoms with Crippen molar-refractivity contribution in [3.63, 3.8) is 0 Å². The summed E-state index contributed by atoms with van der Waals surface area (Å²) in [5.74, 6) is 0. The van der Waals surface area contributed by atoms with Crippen molar-refractivity contribution in [2.45, 2.75) is 23.6 Å². The summed E-state index contributed by atoms with van der Waals surface area (Å²) in [6, 6.07) is 10.7. The molecule has 0 bridgehead atoms. The van der Waals surface area contributed by atoms with Gasteiger partial charge in [0.15, 0.2) is 0 Å². The average molecular weight is 314 g/mol. The van der Waals surface area contributed by atoms with Crippen molar-refractivity contribution < 1.29 is 8.42 Å². The molecule has 0 unspecified atom stereocenters. The second-order valence-electron chi connectivity index (χ2n) is 4.54. The number of rotatable bonds is 2. The lowest BCUT2D eigenvalue weighted by atomic mass is 10.1. The maximum Gasteiger partial charge on any atom is 0.274 e. The van der Waals surface area contributed by atoms with Gasteiger partial charge in [-0.2, -0.15) is 0 Å². The molecule has 0 N–H and O–H groups in total. The van der Waals surface area contributed by atoms with E-state index < -0.39 is 10.0 Å². The van der Waals surface area contributed by atoms with Crippen molar-refractivity contribution in [3.8, 4) is 0 Å². The Morgan fingerprint density at radius 1 is 1.26 bits per heavy atom. The monoisotopic (exact) mass is 313 g/mol. The van der Waals surface area contributed by atoms with Gasteiger partial charge in [0.1, 0.15) is 4.21 Å². The van der Waals surface area contributed by atoms with E-state index in [0.717, 1.165) is 29.0 Å².